The molecule has 0 aromatic heterocycles. The Labute approximate surface area is 140 Å². The van der Waals surface area contributed by atoms with Crippen LogP contribution in [-0.2, 0) is 0 Å². The van der Waals surface area contributed by atoms with Crippen LogP contribution >= 0.6 is 11.6 Å². The zero-order chi connectivity index (χ0) is 16.1. The van der Waals surface area contributed by atoms with Gasteiger partial charge in [-0.25, -0.2) is 0 Å². The minimum atomic E-state index is -0.316. The van der Waals surface area contributed by atoms with E-state index in [0.29, 0.717) is 5.56 Å². The molecule has 0 aliphatic rings. The molecule has 1 N–H and O–H groups in total. The molecule has 3 heteroatoms. The van der Waals surface area contributed by atoms with Crippen molar-refractivity contribution in [2.24, 2.45) is 0 Å². The van der Waals surface area contributed by atoms with Crippen molar-refractivity contribution in [2.75, 3.05) is 5.32 Å². The van der Waals surface area contributed by atoms with Crippen LogP contribution in [0.1, 0.15) is 26.9 Å². The van der Waals surface area contributed by atoms with E-state index in [9.17, 15) is 4.79 Å². The lowest BCUT2D eigenvalue weighted by atomic mass is 10.0. The molecule has 0 radical (unpaired) electrons. The van der Waals surface area contributed by atoms with Crippen LogP contribution in [0, 0.1) is 0 Å². The Morgan fingerprint density at radius 1 is 0.783 bits per heavy atom. The maximum atomic E-state index is 12.4. The Balaban J connectivity index is 1.88. The van der Waals surface area contributed by atoms with Crippen molar-refractivity contribution >= 4 is 23.2 Å². The number of anilines is 1. The summed E-state index contributed by atoms with van der Waals surface area (Å²) in [6, 6.07) is 26.6. The summed E-state index contributed by atoms with van der Waals surface area (Å²) in [6.07, 6.45) is 0. The van der Waals surface area contributed by atoms with Gasteiger partial charge in [0.2, 0.25) is 0 Å². The number of rotatable bonds is 4. The van der Waals surface area contributed by atoms with Crippen LogP contribution in [0.25, 0.3) is 0 Å². The topological polar surface area (TPSA) is 29.1 Å². The third-order valence-corrected chi connectivity index (χ3v) is 4.10. The second-order valence-electron chi connectivity index (χ2n) is 5.18. The second-order valence-corrected chi connectivity index (χ2v) is 5.62. The summed E-state index contributed by atoms with van der Waals surface area (Å²) in [5, 5.41) is 2.64. The van der Waals surface area contributed by atoms with Crippen LogP contribution in [0.5, 0.6) is 0 Å². The van der Waals surface area contributed by atoms with Crippen molar-refractivity contribution in [2.45, 2.75) is 5.38 Å². The maximum absolute atomic E-state index is 12.4. The molecule has 1 amide bonds. The van der Waals surface area contributed by atoms with Gasteiger partial charge in [0.15, 0.2) is 0 Å². The van der Waals surface area contributed by atoms with Crippen LogP contribution in [0.4, 0.5) is 5.69 Å². The highest BCUT2D eigenvalue weighted by molar-refractivity contribution is 6.23. The second kappa shape index (κ2) is 7.12. The standard InChI is InChI=1S/C20H16ClNO/c21-19(15-9-3-1-4-10-15)17-13-7-8-14-18(17)22-20(23)16-11-5-2-6-12-16/h1-14,19H,(H,22,23). The van der Waals surface area contributed by atoms with Gasteiger partial charge in [0.25, 0.3) is 5.91 Å². The van der Waals surface area contributed by atoms with E-state index >= 15 is 0 Å². The van der Waals surface area contributed by atoms with Crippen molar-refractivity contribution in [3.8, 4) is 0 Å². The summed E-state index contributed by atoms with van der Waals surface area (Å²) in [6.45, 7) is 0. The van der Waals surface area contributed by atoms with Crippen LogP contribution in [0.3, 0.4) is 0 Å². The average Bonchev–Trinajstić information content (AvgIpc) is 2.63. The number of carbonyl (C=O) groups is 1. The normalized spacial score (nSPS) is 11.7. The quantitative estimate of drug-likeness (QED) is 0.652. The van der Waals surface area contributed by atoms with Crippen LogP contribution in [-0.4, -0.2) is 5.91 Å². The molecule has 0 heterocycles. The molecule has 3 rings (SSSR count). The molecule has 0 saturated heterocycles. The van der Waals surface area contributed by atoms with Gasteiger partial charge in [-0.3, -0.25) is 4.79 Å². The molecule has 3 aromatic rings. The van der Waals surface area contributed by atoms with Crippen molar-refractivity contribution in [1.82, 2.24) is 0 Å². The summed E-state index contributed by atoms with van der Waals surface area (Å²) in [5.41, 5.74) is 3.22. The number of amides is 1. The maximum Gasteiger partial charge on any atom is 0.255 e. The van der Waals surface area contributed by atoms with Gasteiger partial charge in [-0.2, -0.15) is 0 Å². The minimum absolute atomic E-state index is 0.144. The first kappa shape index (κ1) is 15.3. The van der Waals surface area contributed by atoms with Gasteiger partial charge in [0.05, 0.1) is 5.38 Å². The summed E-state index contributed by atoms with van der Waals surface area (Å²) in [5.74, 6) is -0.144. The molecule has 114 valence electrons. The van der Waals surface area contributed by atoms with E-state index in [1.807, 2.05) is 72.8 Å². The number of para-hydroxylation sites is 1. The number of nitrogens with one attached hydrogen (secondary N) is 1. The van der Waals surface area contributed by atoms with Crippen LogP contribution < -0.4 is 5.32 Å². The predicted molar refractivity (Wildman–Crippen MR) is 95.0 cm³/mol. The van der Waals surface area contributed by atoms with Crippen molar-refractivity contribution in [3.05, 3.63) is 102 Å². The third-order valence-electron chi connectivity index (χ3n) is 3.61. The Morgan fingerprint density at radius 3 is 2.04 bits per heavy atom. The Bertz CT molecular complexity index is 787. The number of alkyl halides is 1. The molecule has 23 heavy (non-hydrogen) atoms. The van der Waals surface area contributed by atoms with Crippen LogP contribution in [0.2, 0.25) is 0 Å². The molecular formula is C20H16ClNO. The lowest BCUT2D eigenvalue weighted by Gasteiger charge is -2.16. The molecule has 0 aliphatic heterocycles. The highest BCUT2D eigenvalue weighted by atomic mass is 35.5. The molecule has 0 spiro atoms. The summed E-state index contributed by atoms with van der Waals surface area (Å²) >= 11 is 6.61. The van der Waals surface area contributed by atoms with E-state index in [0.717, 1.165) is 16.8 Å². The first-order valence-corrected chi connectivity index (χ1v) is 7.83. The van der Waals surface area contributed by atoms with Gasteiger partial charge in [-0.05, 0) is 29.3 Å². The Kier molecular flexibility index (Phi) is 4.74. The van der Waals surface area contributed by atoms with Gasteiger partial charge >= 0.3 is 0 Å². The summed E-state index contributed by atoms with van der Waals surface area (Å²) in [7, 11) is 0. The highest BCUT2D eigenvalue weighted by Gasteiger charge is 2.16. The lowest BCUT2D eigenvalue weighted by Crippen LogP contribution is -2.13. The zero-order valence-electron chi connectivity index (χ0n) is 12.4. The van der Waals surface area contributed by atoms with E-state index in [2.05, 4.69) is 5.32 Å². The third kappa shape index (κ3) is 3.61. The highest BCUT2D eigenvalue weighted by Crippen LogP contribution is 2.33. The fraction of sp³-hybridized carbons (Fsp3) is 0.0500. The molecule has 2 nitrogen and oxygen atoms in total. The van der Waals surface area contributed by atoms with E-state index in [-0.39, 0.29) is 11.3 Å². The lowest BCUT2D eigenvalue weighted by molar-refractivity contribution is 0.102. The van der Waals surface area contributed by atoms with Gasteiger partial charge in [-0.1, -0.05) is 66.7 Å². The molecule has 0 saturated carbocycles. The van der Waals surface area contributed by atoms with E-state index in [4.69, 9.17) is 11.6 Å². The van der Waals surface area contributed by atoms with Crippen molar-refractivity contribution in [1.29, 1.82) is 0 Å². The van der Waals surface area contributed by atoms with E-state index < -0.39 is 0 Å². The summed E-state index contributed by atoms with van der Waals surface area (Å²) < 4.78 is 0. The largest absolute Gasteiger partial charge is 0.322 e. The van der Waals surface area contributed by atoms with Gasteiger partial charge < -0.3 is 5.32 Å². The van der Waals surface area contributed by atoms with Crippen LogP contribution in [0.15, 0.2) is 84.9 Å². The van der Waals surface area contributed by atoms with E-state index in [1.165, 1.54) is 0 Å². The first-order chi connectivity index (χ1) is 11.3. The molecule has 1 unspecified atom stereocenters. The molecule has 0 aliphatic carbocycles. The molecule has 1 atom stereocenters. The molecule has 0 bridgehead atoms. The fourth-order valence-electron chi connectivity index (χ4n) is 2.42. The fourth-order valence-corrected chi connectivity index (χ4v) is 2.75. The Hall–Kier alpha value is -2.58. The van der Waals surface area contributed by atoms with Gasteiger partial charge in [0, 0.05) is 11.3 Å². The average molecular weight is 322 g/mol. The summed E-state index contributed by atoms with van der Waals surface area (Å²) in [4.78, 5) is 12.4. The van der Waals surface area contributed by atoms with Gasteiger partial charge in [-0.15, -0.1) is 11.6 Å². The van der Waals surface area contributed by atoms with E-state index in [1.54, 1.807) is 12.1 Å². The minimum Gasteiger partial charge on any atom is -0.322 e. The van der Waals surface area contributed by atoms with Crippen molar-refractivity contribution < 1.29 is 4.79 Å². The monoisotopic (exact) mass is 321 g/mol. The zero-order valence-corrected chi connectivity index (χ0v) is 13.2. The number of benzene rings is 3. The number of carbonyl (C=O) groups excluding carboxylic acids is 1. The Morgan fingerprint density at radius 2 is 1.35 bits per heavy atom. The smallest absolute Gasteiger partial charge is 0.255 e. The number of hydrogen-bond donors (Lipinski definition) is 1. The first-order valence-electron chi connectivity index (χ1n) is 7.40. The predicted octanol–water partition coefficient (Wildman–Crippen LogP) is 5.27. The number of hydrogen-bond acceptors (Lipinski definition) is 1. The number of halogens is 1. The molecular weight excluding hydrogens is 306 g/mol. The molecule has 3 aromatic carbocycles. The van der Waals surface area contributed by atoms with Crippen molar-refractivity contribution in [3.63, 3.8) is 0 Å². The molecule has 0 fully saturated rings. The SMILES string of the molecule is O=C(Nc1ccccc1C(Cl)c1ccccc1)c1ccccc1. The van der Waals surface area contributed by atoms with Gasteiger partial charge in [0.1, 0.15) is 0 Å².